The Morgan fingerprint density at radius 1 is 1.32 bits per heavy atom. The third-order valence-corrected chi connectivity index (χ3v) is 4.41. The summed E-state index contributed by atoms with van der Waals surface area (Å²) < 4.78 is 0. The summed E-state index contributed by atoms with van der Waals surface area (Å²) in [6.45, 7) is 9.30. The molecule has 0 aromatic heterocycles. The highest BCUT2D eigenvalue weighted by Gasteiger charge is 2.22. The number of aryl methyl sites for hydroxylation is 2. The van der Waals surface area contributed by atoms with Crippen LogP contribution in [0, 0.1) is 19.8 Å². The van der Waals surface area contributed by atoms with Crippen LogP contribution in [0.4, 0.5) is 0 Å². The molecule has 0 bridgehead atoms. The van der Waals surface area contributed by atoms with E-state index >= 15 is 0 Å². The fraction of sp³-hybridized carbons (Fsp3) is 0.647. The van der Waals surface area contributed by atoms with Crippen LogP contribution in [0.2, 0.25) is 0 Å². The lowest BCUT2D eigenvalue weighted by Gasteiger charge is -2.33. The summed E-state index contributed by atoms with van der Waals surface area (Å²) in [7, 11) is 0. The Labute approximate surface area is 117 Å². The molecule has 1 saturated carbocycles. The van der Waals surface area contributed by atoms with Crippen LogP contribution in [-0.4, -0.2) is 29.6 Å². The Morgan fingerprint density at radius 2 is 2.05 bits per heavy atom. The zero-order chi connectivity index (χ0) is 13.8. The van der Waals surface area contributed by atoms with Crippen LogP contribution < -0.4 is 0 Å². The van der Waals surface area contributed by atoms with Crippen LogP contribution in [0.25, 0.3) is 0 Å². The Bertz CT molecular complexity index is 412. The minimum absolute atomic E-state index is 0.361. The van der Waals surface area contributed by atoms with Crippen molar-refractivity contribution in [1.29, 1.82) is 0 Å². The molecule has 1 aliphatic rings. The predicted molar refractivity (Wildman–Crippen MR) is 80.3 cm³/mol. The lowest BCUT2D eigenvalue weighted by Crippen LogP contribution is -2.35. The second kappa shape index (κ2) is 6.53. The van der Waals surface area contributed by atoms with Gasteiger partial charge in [0.05, 0.1) is 6.10 Å². The molecule has 1 atom stereocenters. The van der Waals surface area contributed by atoms with Gasteiger partial charge in [0.25, 0.3) is 0 Å². The smallest absolute Gasteiger partial charge is 0.0919 e. The topological polar surface area (TPSA) is 23.5 Å². The molecule has 0 saturated heterocycles. The molecule has 0 aliphatic heterocycles. The number of nitrogens with zero attached hydrogens (tertiary/aromatic N) is 1. The second-order valence-electron chi connectivity index (χ2n) is 6.02. The number of rotatable bonds is 6. The van der Waals surface area contributed by atoms with E-state index < -0.39 is 0 Å². The average Bonchev–Trinajstić information content (AvgIpc) is 2.34. The first-order valence-electron chi connectivity index (χ1n) is 7.57. The third-order valence-electron chi connectivity index (χ3n) is 4.41. The number of hydrogen-bond acceptors (Lipinski definition) is 2. The molecule has 0 heterocycles. The van der Waals surface area contributed by atoms with E-state index in [0.29, 0.717) is 0 Å². The van der Waals surface area contributed by atoms with Crippen LogP contribution in [0.5, 0.6) is 0 Å². The maximum atomic E-state index is 10.5. The molecule has 2 nitrogen and oxygen atoms in total. The van der Waals surface area contributed by atoms with Crippen molar-refractivity contribution in [2.45, 2.75) is 46.1 Å². The molecule has 0 radical (unpaired) electrons. The molecule has 1 aliphatic carbocycles. The zero-order valence-electron chi connectivity index (χ0n) is 12.5. The van der Waals surface area contributed by atoms with Crippen molar-refractivity contribution in [3.8, 4) is 0 Å². The van der Waals surface area contributed by atoms with Crippen LogP contribution in [0.3, 0.4) is 0 Å². The van der Waals surface area contributed by atoms with Crippen molar-refractivity contribution in [1.82, 2.24) is 4.90 Å². The summed E-state index contributed by atoms with van der Waals surface area (Å²) in [6, 6.07) is 6.34. The highest BCUT2D eigenvalue weighted by atomic mass is 16.3. The van der Waals surface area contributed by atoms with Crippen molar-refractivity contribution in [3.05, 3.63) is 34.9 Å². The summed E-state index contributed by atoms with van der Waals surface area (Å²) >= 11 is 0. The molecule has 1 unspecified atom stereocenters. The van der Waals surface area contributed by atoms with E-state index in [9.17, 15) is 5.11 Å². The summed E-state index contributed by atoms with van der Waals surface area (Å²) in [5.41, 5.74) is 3.51. The molecule has 1 aromatic carbocycles. The van der Waals surface area contributed by atoms with Gasteiger partial charge in [0.15, 0.2) is 0 Å². The molecule has 106 valence electrons. The molecular weight excluding hydrogens is 234 g/mol. The van der Waals surface area contributed by atoms with Gasteiger partial charge in [-0.05, 0) is 50.3 Å². The molecule has 1 fully saturated rings. The van der Waals surface area contributed by atoms with Gasteiger partial charge in [-0.1, -0.05) is 37.1 Å². The van der Waals surface area contributed by atoms with Gasteiger partial charge in [-0.15, -0.1) is 0 Å². The van der Waals surface area contributed by atoms with E-state index in [0.717, 1.165) is 31.1 Å². The Morgan fingerprint density at radius 3 is 2.63 bits per heavy atom. The highest BCUT2D eigenvalue weighted by molar-refractivity contribution is 5.32. The normalized spacial score (nSPS) is 17.5. The molecule has 2 heteroatoms. The maximum absolute atomic E-state index is 10.5. The largest absolute Gasteiger partial charge is 0.387 e. The van der Waals surface area contributed by atoms with Gasteiger partial charge in [0.2, 0.25) is 0 Å². The monoisotopic (exact) mass is 261 g/mol. The van der Waals surface area contributed by atoms with Gasteiger partial charge in [-0.25, -0.2) is 0 Å². The summed E-state index contributed by atoms with van der Waals surface area (Å²) in [5, 5.41) is 10.5. The minimum atomic E-state index is -0.361. The fourth-order valence-electron chi connectivity index (χ4n) is 2.84. The quantitative estimate of drug-likeness (QED) is 0.847. The zero-order valence-corrected chi connectivity index (χ0v) is 12.5. The van der Waals surface area contributed by atoms with Crippen molar-refractivity contribution < 1.29 is 5.11 Å². The SMILES string of the molecule is CCN(CC1CCC1)CC(O)c1cc(C)ccc1C. The summed E-state index contributed by atoms with van der Waals surface area (Å²) in [4.78, 5) is 2.40. The van der Waals surface area contributed by atoms with Crippen molar-refractivity contribution in [2.75, 3.05) is 19.6 Å². The van der Waals surface area contributed by atoms with E-state index in [-0.39, 0.29) is 6.10 Å². The standard InChI is InChI=1S/C17H27NO/c1-4-18(11-15-6-5-7-15)12-17(19)16-10-13(2)8-9-14(16)3/h8-10,15,17,19H,4-7,11-12H2,1-3H3. The maximum Gasteiger partial charge on any atom is 0.0919 e. The van der Waals surface area contributed by atoms with Gasteiger partial charge in [0.1, 0.15) is 0 Å². The number of hydrogen-bond donors (Lipinski definition) is 1. The third kappa shape index (κ3) is 3.80. The van der Waals surface area contributed by atoms with Gasteiger partial charge in [-0.2, -0.15) is 0 Å². The van der Waals surface area contributed by atoms with Gasteiger partial charge < -0.3 is 10.0 Å². The van der Waals surface area contributed by atoms with Gasteiger partial charge in [-0.3, -0.25) is 0 Å². The number of aliphatic hydroxyl groups is 1. The minimum Gasteiger partial charge on any atom is -0.387 e. The first kappa shape index (κ1) is 14.5. The average molecular weight is 261 g/mol. The van der Waals surface area contributed by atoms with Crippen LogP contribution in [0.1, 0.15) is 49.0 Å². The van der Waals surface area contributed by atoms with E-state index in [1.54, 1.807) is 0 Å². The molecule has 1 aromatic rings. The van der Waals surface area contributed by atoms with Crippen LogP contribution >= 0.6 is 0 Å². The summed E-state index contributed by atoms with van der Waals surface area (Å²) in [6.07, 6.45) is 3.77. The molecule has 19 heavy (non-hydrogen) atoms. The first-order chi connectivity index (χ1) is 9.10. The van der Waals surface area contributed by atoms with E-state index in [4.69, 9.17) is 0 Å². The van der Waals surface area contributed by atoms with Crippen molar-refractivity contribution >= 4 is 0 Å². The van der Waals surface area contributed by atoms with Crippen LogP contribution in [-0.2, 0) is 0 Å². The van der Waals surface area contributed by atoms with E-state index in [2.05, 4.69) is 43.9 Å². The molecule has 1 N–H and O–H groups in total. The Balaban J connectivity index is 1.97. The van der Waals surface area contributed by atoms with Crippen LogP contribution in [0.15, 0.2) is 18.2 Å². The predicted octanol–water partition coefficient (Wildman–Crippen LogP) is 3.46. The lowest BCUT2D eigenvalue weighted by molar-refractivity contribution is 0.0937. The van der Waals surface area contributed by atoms with Crippen molar-refractivity contribution in [2.24, 2.45) is 5.92 Å². The Kier molecular flexibility index (Phi) is 5.00. The number of likely N-dealkylation sites (N-methyl/N-ethyl adjacent to an activating group) is 1. The molecule has 0 spiro atoms. The molecular formula is C17H27NO. The number of benzene rings is 1. The van der Waals surface area contributed by atoms with E-state index in [1.807, 2.05) is 0 Å². The van der Waals surface area contributed by atoms with E-state index in [1.165, 1.54) is 30.4 Å². The lowest BCUT2D eigenvalue weighted by atomic mass is 9.85. The summed E-state index contributed by atoms with van der Waals surface area (Å²) in [5.74, 6) is 0.866. The van der Waals surface area contributed by atoms with Gasteiger partial charge in [0, 0.05) is 13.1 Å². The van der Waals surface area contributed by atoms with Crippen molar-refractivity contribution in [3.63, 3.8) is 0 Å². The highest BCUT2D eigenvalue weighted by Crippen LogP contribution is 2.28. The Hall–Kier alpha value is -0.860. The first-order valence-corrected chi connectivity index (χ1v) is 7.57. The molecule has 0 amide bonds. The number of aliphatic hydroxyl groups excluding tert-OH is 1. The van der Waals surface area contributed by atoms with Gasteiger partial charge >= 0.3 is 0 Å². The molecule has 2 rings (SSSR count). The second-order valence-corrected chi connectivity index (χ2v) is 6.02. The fourth-order valence-corrected chi connectivity index (χ4v) is 2.84.